The van der Waals surface area contributed by atoms with E-state index in [0.717, 1.165) is 25.2 Å². The molecule has 0 aliphatic carbocycles. The average Bonchev–Trinajstić information content (AvgIpc) is 3.10. The highest BCUT2D eigenvalue weighted by atomic mass is 16.2. The van der Waals surface area contributed by atoms with Crippen molar-refractivity contribution in [2.45, 2.75) is 26.4 Å². The molecule has 5 rings (SSSR count). The number of rotatable bonds is 4. The molecule has 156 valence electrons. The Kier molecular flexibility index (Phi) is 4.79. The Labute approximate surface area is 177 Å². The summed E-state index contributed by atoms with van der Waals surface area (Å²) < 4.78 is 2.64. The predicted octanol–water partition coefficient (Wildman–Crippen LogP) is 2.09. The molecule has 4 heterocycles. The van der Waals surface area contributed by atoms with Gasteiger partial charge in [0.15, 0.2) is 5.65 Å². The fourth-order valence-electron chi connectivity index (χ4n) is 3.86. The summed E-state index contributed by atoms with van der Waals surface area (Å²) in [4.78, 5) is 38.9. The maximum atomic E-state index is 13.1. The Bertz CT molecular complexity index is 1340. The minimum absolute atomic E-state index is 0.234. The van der Waals surface area contributed by atoms with Gasteiger partial charge in [-0.05, 0) is 55.3 Å². The summed E-state index contributed by atoms with van der Waals surface area (Å²) in [6.45, 7) is 3.93. The van der Waals surface area contributed by atoms with E-state index in [2.05, 4.69) is 37.7 Å². The van der Waals surface area contributed by atoms with Crippen LogP contribution in [0, 0.1) is 0 Å². The summed E-state index contributed by atoms with van der Waals surface area (Å²) in [5, 5.41) is 6.85. The molecule has 0 spiro atoms. The van der Waals surface area contributed by atoms with Gasteiger partial charge in [-0.15, -0.1) is 0 Å². The van der Waals surface area contributed by atoms with Gasteiger partial charge in [0.05, 0.1) is 0 Å². The molecule has 0 saturated carbocycles. The van der Waals surface area contributed by atoms with Crippen molar-refractivity contribution in [3.8, 4) is 0 Å². The lowest BCUT2D eigenvalue weighted by molar-refractivity contribution is 0.0927. The smallest absolute Gasteiger partial charge is 0.297 e. The summed E-state index contributed by atoms with van der Waals surface area (Å²) in [6, 6.07) is 11.2. The number of aromatic nitrogens is 5. The Hall–Kier alpha value is -3.85. The van der Waals surface area contributed by atoms with Crippen molar-refractivity contribution in [1.82, 2.24) is 29.6 Å². The third-order valence-electron chi connectivity index (χ3n) is 5.40. The molecule has 0 saturated heterocycles. The normalized spacial score (nSPS) is 13.2. The first-order valence-corrected chi connectivity index (χ1v) is 10.2. The van der Waals surface area contributed by atoms with Crippen LogP contribution in [0.15, 0.2) is 53.6 Å². The molecular formula is C22H21N7O2. The van der Waals surface area contributed by atoms with E-state index in [0.29, 0.717) is 12.5 Å². The molecule has 2 N–H and O–H groups in total. The molecule has 0 fully saturated rings. The van der Waals surface area contributed by atoms with E-state index in [9.17, 15) is 9.59 Å². The number of nitrogens with one attached hydrogen (secondary N) is 2. The maximum absolute atomic E-state index is 13.1. The van der Waals surface area contributed by atoms with Gasteiger partial charge < -0.3 is 10.6 Å². The number of nitrogens with zero attached hydrogens (tertiary/aromatic N) is 5. The van der Waals surface area contributed by atoms with Crippen LogP contribution in [0.2, 0.25) is 0 Å². The van der Waals surface area contributed by atoms with Gasteiger partial charge in [0.2, 0.25) is 5.95 Å². The predicted molar refractivity (Wildman–Crippen MR) is 117 cm³/mol. The van der Waals surface area contributed by atoms with E-state index < -0.39 is 5.91 Å². The van der Waals surface area contributed by atoms with Gasteiger partial charge in [-0.2, -0.15) is 9.67 Å². The Morgan fingerprint density at radius 1 is 1.19 bits per heavy atom. The molecule has 1 aliphatic rings. The number of pyridine rings is 1. The van der Waals surface area contributed by atoms with E-state index in [-0.39, 0.29) is 22.3 Å². The topological polar surface area (TPSA) is 107 Å². The molecule has 0 bridgehead atoms. The van der Waals surface area contributed by atoms with Gasteiger partial charge >= 0.3 is 0 Å². The molecule has 31 heavy (non-hydrogen) atoms. The van der Waals surface area contributed by atoms with E-state index in [1.165, 1.54) is 26.7 Å². The van der Waals surface area contributed by atoms with Crippen LogP contribution in [-0.2, 0) is 19.5 Å². The van der Waals surface area contributed by atoms with Crippen molar-refractivity contribution >= 4 is 28.6 Å². The first-order chi connectivity index (χ1) is 15.2. The van der Waals surface area contributed by atoms with Crippen molar-refractivity contribution < 1.29 is 4.79 Å². The molecule has 0 amide bonds. The molecule has 1 aliphatic heterocycles. The highest BCUT2D eigenvalue weighted by Crippen LogP contribution is 2.22. The number of carbonyl (C=O) groups is 1. The standard InChI is InChI=1S/C22H21N7O2/c1-2-28-20(30)17-13-25-22(26-16-7-6-15-12-23-10-8-14(15)11-16)27-19(17)29(28)21(31)18-5-3-4-9-24-18/h3-7,9,11,13,23H,2,8,10,12H2,1H3,(H,25,26,27). The lowest BCUT2D eigenvalue weighted by Gasteiger charge is -2.18. The van der Waals surface area contributed by atoms with Crippen molar-refractivity contribution in [3.05, 3.63) is 76.0 Å². The number of hydrogen-bond acceptors (Lipinski definition) is 7. The fraction of sp³-hybridized carbons (Fsp3) is 0.227. The number of anilines is 2. The number of fused-ring (bicyclic) bond motifs is 2. The summed E-state index contributed by atoms with van der Waals surface area (Å²) in [6.07, 6.45) is 3.97. The van der Waals surface area contributed by atoms with E-state index in [1.54, 1.807) is 31.3 Å². The summed E-state index contributed by atoms with van der Waals surface area (Å²) in [5.74, 6) is -0.0994. The van der Waals surface area contributed by atoms with Crippen molar-refractivity contribution in [3.63, 3.8) is 0 Å². The van der Waals surface area contributed by atoms with Gasteiger partial charge in [0, 0.05) is 31.2 Å². The Morgan fingerprint density at radius 2 is 2.10 bits per heavy atom. The lowest BCUT2D eigenvalue weighted by Crippen LogP contribution is -2.27. The molecule has 9 nitrogen and oxygen atoms in total. The molecule has 1 aromatic carbocycles. The number of benzene rings is 1. The monoisotopic (exact) mass is 415 g/mol. The molecule has 9 heteroatoms. The van der Waals surface area contributed by atoms with Crippen LogP contribution in [0.25, 0.3) is 11.0 Å². The van der Waals surface area contributed by atoms with Crippen LogP contribution < -0.4 is 16.2 Å². The molecule has 3 aromatic heterocycles. The molecule has 0 atom stereocenters. The van der Waals surface area contributed by atoms with Gasteiger partial charge in [-0.3, -0.25) is 14.6 Å². The summed E-state index contributed by atoms with van der Waals surface area (Å²) in [5.41, 5.74) is 3.60. The zero-order chi connectivity index (χ0) is 21.4. The van der Waals surface area contributed by atoms with Crippen LogP contribution >= 0.6 is 0 Å². The van der Waals surface area contributed by atoms with Crippen molar-refractivity contribution in [2.24, 2.45) is 0 Å². The number of hydrogen-bond donors (Lipinski definition) is 2. The van der Waals surface area contributed by atoms with Gasteiger partial charge in [0.1, 0.15) is 11.1 Å². The molecular weight excluding hydrogens is 394 g/mol. The Morgan fingerprint density at radius 3 is 2.90 bits per heavy atom. The van der Waals surface area contributed by atoms with E-state index in [1.807, 2.05) is 6.07 Å². The largest absolute Gasteiger partial charge is 0.324 e. The van der Waals surface area contributed by atoms with Gasteiger partial charge in [0.25, 0.3) is 11.5 Å². The van der Waals surface area contributed by atoms with Crippen LogP contribution in [0.3, 0.4) is 0 Å². The second kappa shape index (κ2) is 7.77. The van der Waals surface area contributed by atoms with Crippen LogP contribution in [0.5, 0.6) is 0 Å². The molecule has 4 aromatic rings. The maximum Gasteiger partial charge on any atom is 0.297 e. The first-order valence-electron chi connectivity index (χ1n) is 10.2. The lowest BCUT2D eigenvalue weighted by atomic mass is 10.0. The zero-order valence-corrected chi connectivity index (χ0v) is 17.0. The van der Waals surface area contributed by atoms with Crippen LogP contribution in [-0.4, -0.2) is 36.8 Å². The summed E-state index contributed by atoms with van der Waals surface area (Å²) in [7, 11) is 0. The summed E-state index contributed by atoms with van der Waals surface area (Å²) >= 11 is 0. The second-order valence-electron chi connectivity index (χ2n) is 7.32. The SMILES string of the molecule is CCn1c(=O)c2cnc(Nc3ccc4c(c3)CCNC4)nc2n1C(=O)c1ccccn1. The fourth-order valence-corrected chi connectivity index (χ4v) is 3.86. The zero-order valence-electron chi connectivity index (χ0n) is 17.0. The molecule has 0 unspecified atom stereocenters. The first kappa shape index (κ1) is 19.1. The van der Waals surface area contributed by atoms with E-state index in [4.69, 9.17) is 0 Å². The Balaban J connectivity index is 1.57. The van der Waals surface area contributed by atoms with Gasteiger partial charge in [-0.25, -0.2) is 9.67 Å². The average molecular weight is 415 g/mol. The quantitative estimate of drug-likeness (QED) is 0.526. The highest BCUT2D eigenvalue weighted by Gasteiger charge is 2.22. The minimum atomic E-state index is -0.416. The van der Waals surface area contributed by atoms with Crippen LogP contribution in [0.4, 0.5) is 11.6 Å². The third-order valence-corrected chi connectivity index (χ3v) is 5.40. The van der Waals surface area contributed by atoms with Crippen molar-refractivity contribution in [2.75, 3.05) is 11.9 Å². The van der Waals surface area contributed by atoms with Gasteiger partial charge in [-0.1, -0.05) is 12.1 Å². The van der Waals surface area contributed by atoms with Crippen LogP contribution in [0.1, 0.15) is 28.5 Å². The number of carbonyl (C=O) groups excluding carboxylic acids is 1. The van der Waals surface area contributed by atoms with E-state index >= 15 is 0 Å². The van der Waals surface area contributed by atoms with Crippen molar-refractivity contribution in [1.29, 1.82) is 0 Å². The minimum Gasteiger partial charge on any atom is -0.324 e. The highest BCUT2D eigenvalue weighted by molar-refractivity contribution is 5.98. The third kappa shape index (κ3) is 3.38. The second-order valence-corrected chi connectivity index (χ2v) is 7.32. The molecule has 0 radical (unpaired) electrons.